The zero-order valence-corrected chi connectivity index (χ0v) is 12.2. The van der Waals surface area contributed by atoms with E-state index in [9.17, 15) is 0 Å². The van der Waals surface area contributed by atoms with Crippen molar-refractivity contribution >= 4 is 23.1 Å². The van der Waals surface area contributed by atoms with Crippen molar-refractivity contribution in [3.8, 4) is 0 Å². The third-order valence-corrected chi connectivity index (χ3v) is 4.23. The largest absolute Gasteiger partial charge is 0.384 e. The molecule has 19 heavy (non-hydrogen) atoms. The van der Waals surface area contributed by atoms with Crippen molar-refractivity contribution in [2.24, 2.45) is 5.73 Å². The molecule has 0 atom stereocenters. The zero-order chi connectivity index (χ0) is 13.8. The molecule has 0 spiro atoms. The monoisotopic (exact) mass is 279 g/mol. The fraction of sp³-hybridized carbons (Fsp3) is 0.533. The van der Waals surface area contributed by atoms with Crippen LogP contribution < -0.4 is 10.6 Å². The first-order chi connectivity index (χ1) is 9.13. The van der Waals surface area contributed by atoms with Crippen molar-refractivity contribution < 1.29 is 0 Å². The van der Waals surface area contributed by atoms with Gasteiger partial charge in [-0.05, 0) is 38.0 Å². The minimum atomic E-state index is 0.0640. The molecule has 0 unspecified atom stereocenters. The van der Waals surface area contributed by atoms with Crippen molar-refractivity contribution in [2.75, 3.05) is 11.4 Å². The Hall–Kier alpha value is -1.22. The molecule has 0 aromatic heterocycles. The first-order valence-electron chi connectivity index (χ1n) is 7.04. The van der Waals surface area contributed by atoms with Crippen molar-refractivity contribution in [3.63, 3.8) is 0 Å². The highest BCUT2D eigenvalue weighted by Crippen LogP contribution is 2.32. The molecule has 0 aliphatic heterocycles. The summed E-state index contributed by atoms with van der Waals surface area (Å²) >= 11 is 6.37. The van der Waals surface area contributed by atoms with Crippen LogP contribution in [0.1, 0.15) is 44.6 Å². The van der Waals surface area contributed by atoms with Crippen LogP contribution >= 0.6 is 11.6 Å². The maximum absolute atomic E-state index is 7.46. The van der Waals surface area contributed by atoms with Gasteiger partial charge in [-0.3, -0.25) is 5.41 Å². The summed E-state index contributed by atoms with van der Waals surface area (Å²) in [6.07, 6.45) is 6.47. The molecular weight excluding hydrogens is 258 g/mol. The van der Waals surface area contributed by atoms with Crippen molar-refractivity contribution in [3.05, 3.63) is 28.8 Å². The number of nitrogens with two attached hydrogens (primary N) is 1. The van der Waals surface area contributed by atoms with Gasteiger partial charge in [0.05, 0.1) is 10.7 Å². The van der Waals surface area contributed by atoms with Crippen molar-refractivity contribution in [2.45, 2.75) is 45.1 Å². The third kappa shape index (κ3) is 3.21. The molecule has 4 heteroatoms. The Kier molecular flexibility index (Phi) is 4.70. The summed E-state index contributed by atoms with van der Waals surface area (Å²) in [7, 11) is 0. The number of halogens is 1. The Morgan fingerprint density at radius 1 is 1.37 bits per heavy atom. The SMILES string of the molecule is CCN(c1ccc(C(=N)N)cc1Cl)C1CCCCC1. The van der Waals surface area contributed by atoms with Gasteiger partial charge < -0.3 is 10.6 Å². The second-order valence-corrected chi connectivity index (χ2v) is 5.56. The Balaban J connectivity index is 2.24. The van der Waals surface area contributed by atoms with E-state index in [2.05, 4.69) is 11.8 Å². The minimum Gasteiger partial charge on any atom is -0.384 e. The highest BCUT2D eigenvalue weighted by molar-refractivity contribution is 6.33. The predicted molar refractivity (Wildman–Crippen MR) is 82.4 cm³/mol. The summed E-state index contributed by atoms with van der Waals surface area (Å²) in [5.74, 6) is 0.0640. The van der Waals surface area contributed by atoms with Crippen LogP contribution in [0.5, 0.6) is 0 Å². The lowest BCUT2D eigenvalue weighted by molar-refractivity contribution is 0.418. The molecule has 104 valence electrons. The molecule has 0 radical (unpaired) electrons. The molecule has 1 aromatic rings. The van der Waals surface area contributed by atoms with E-state index in [4.69, 9.17) is 22.7 Å². The number of benzene rings is 1. The van der Waals surface area contributed by atoms with Crippen molar-refractivity contribution in [1.29, 1.82) is 5.41 Å². The van der Waals surface area contributed by atoms with Gasteiger partial charge in [0.2, 0.25) is 0 Å². The second-order valence-electron chi connectivity index (χ2n) is 5.16. The summed E-state index contributed by atoms with van der Waals surface area (Å²) in [5.41, 5.74) is 7.25. The highest BCUT2D eigenvalue weighted by Gasteiger charge is 2.21. The summed E-state index contributed by atoms with van der Waals surface area (Å²) < 4.78 is 0. The lowest BCUT2D eigenvalue weighted by Crippen LogP contribution is -2.36. The van der Waals surface area contributed by atoms with Gasteiger partial charge in [0.1, 0.15) is 5.84 Å². The minimum absolute atomic E-state index is 0.0640. The molecule has 1 aliphatic carbocycles. The smallest absolute Gasteiger partial charge is 0.122 e. The highest BCUT2D eigenvalue weighted by atomic mass is 35.5. The molecule has 1 fully saturated rings. The third-order valence-electron chi connectivity index (χ3n) is 3.92. The van der Waals surface area contributed by atoms with Crippen LogP contribution in [0.15, 0.2) is 18.2 Å². The van der Waals surface area contributed by atoms with Crippen LogP contribution in [0.2, 0.25) is 5.02 Å². The maximum Gasteiger partial charge on any atom is 0.122 e. The molecule has 1 aromatic carbocycles. The summed E-state index contributed by atoms with van der Waals surface area (Å²) in [5, 5.41) is 8.15. The van der Waals surface area contributed by atoms with E-state index in [1.54, 1.807) is 6.07 Å². The Morgan fingerprint density at radius 2 is 2.05 bits per heavy atom. The fourth-order valence-corrected chi connectivity index (χ4v) is 3.21. The number of nitrogens with zero attached hydrogens (tertiary/aromatic N) is 1. The van der Waals surface area contributed by atoms with Crippen LogP contribution in [0, 0.1) is 5.41 Å². The topological polar surface area (TPSA) is 53.1 Å². The number of anilines is 1. The number of hydrogen-bond donors (Lipinski definition) is 2. The quantitative estimate of drug-likeness (QED) is 0.651. The Bertz CT molecular complexity index is 453. The van der Waals surface area contributed by atoms with Crippen LogP contribution in [0.3, 0.4) is 0 Å². The van der Waals surface area contributed by atoms with Gasteiger partial charge in [-0.25, -0.2) is 0 Å². The first-order valence-corrected chi connectivity index (χ1v) is 7.42. The Labute approximate surface area is 120 Å². The molecule has 0 saturated heterocycles. The lowest BCUT2D eigenvalue weighted by Gasteiger charge is -2.36. The fourth-order valence-electron chi connectivity index (χ4n) is 2.93. The van der Waals surface area contributed by atoms with Gasteiger partial charge in [0, 0.05) is 18.2 Å². The van der Waals surface area contributed by atoms with E-state index in [1.165, 1.54) is 32.1 Å². The number of rotatable bonds is 4. The van der Waals surface area contributed by atoms with Gasteiger partial charge in [-0.2, -0.15) is 0 Å². The van der Waals surface area contributed by atoms with E-state index in [-0.39, 0.29) is 5.84 Å². The molecular formula is C15H22ClN3. The van der Waals surface area contributed by atoms with Crippen LogP contribution in [-0.2, 0) is 0 Å². The average molecular weight is 280 g/mol. The Morgan fingerprint density at radius 3 is 2.58 bits per heavy atom. The van der Waals surface area contributed by atoms with Gasteiger partial charge >= 0.3 is 0 Å². The number of nitrogen functional groups attached to an aromatic ring is 1. The molecule has 1 aliphatic rings. The van der Waals surface area contributed by atoms with Gasteiger partial charge in [0.25, 0.3) is 0 Å². The van der Waals surface area contributed by atoms with E-state index < -0.39 is 0 Å². The lowest BCUT2D eigenvalue weighted by atomic mass is 9.93. The normalized spacial score (nSPS) is 16.3. The maximum atomic E-state index is 7.46. The number of amidine groups is 1. The summed E-state index contributed by atoms with van der Waals surface area (Å²) in [6, 6.07) is 6.27. The van der Waals surface area contributed by atoms with Crippen LogP contribution in [0.25, 0.3) is 0 Å². The van der Waals surface area contributed by atoms with Crippen LogP contribution in [-0.4, -0.2) is 18.4 Å². The zero-order valence-electron chi connectivity index (χ0n) is 11.5. The van der Waals surface area contributed by atoms with Gasteiger partial charge in [-0.15, -0.1) is 0 Å². The van der Waals surface area contributed by atoms with E-state index in [1.807, 2.05) is 12.1 Å². The number of nitrogens with one attached hydrogen (secondary N) is 1. The first kappa shape index (κ1) is 14.2. The van der Waals surface area contributed by atoms with Crippen molar-refractivity contribution in [1.82, 2.24) is 0 Å². The standard InChI is InChI=1S/C15H22ClN3/c1-2-19(12-6-4-3-5-7-12)14-9-8-11(15(17)18)10-13(14)16/h8-10,12H,2-7H2,1H3,(H3,17,18). The second kappa shape index (κ2) is 6.29. The van der Waals surface area contributed by atoms with E-state index in [0.29, 0.717) is 16.6 Å². The van der Waals surface area contributed by atoms with E-state index >= 15 is 0 Å². The predicted octanol–water partition coefficient (Wildman–Crippen LogP) is 3.78. The molecule has 0 bridgehead atoms. The molecule has 2 rings (SSSR count). The molecule has 1 saturated carbocycles. The molecule has 0 amide bonds. The summed E-state index contributed by atoms with van der Waals surface area (Å²) in [6.45, 7) is 3.13. The van der Waals surface area contributed by atoms with Gasteiger partial charge in [0.15, 0.2) is 0 Å². The molecule has 3 N–H and O–H groups in total. The molecule has 3 nitrogen and oxygen atoms in total. The average Bonchev–Trinajstić information content (AvgIpc) is 2.42. The molecule has 0 heterocycles. The van der Waals surface area contributed by atoms with Gasteiger partial charge in [-0.1, -0.05) is 30.9 Å². The van der Waals surface area contributed by atoms with E-state index in [0.717, 1.165) is 12.2 Å². The summed E-state index contributed by atoms with van der Waals surface area (Å²) in [4.78, 5) is 2.39. The number of hydrogen-bond acceptors (Lipinski definition) is 2. The van der Waals surface area contributed by atoms with Crippen LogP contribution in [0.4, 0.5) is 5.69 Å².